The highest BCUT2D eigenvalue weighted by atomic mass is 16.5. The largest absolute Gasteiger partial charge is 0.460 e. The van der Waals surface area contributed by atoms with E-state index in [0.29, 0.717) is 12.1 Å². The van der Waals surface area contributed by atoms with Gasteiger partial charge in [-0.25, -0.2) is 9.79 Å². The van der Waals surface area contributed by atoms with Crippen LogP contribution in [0.5, 0.6) is 0 Å². The van der Waals surface area contributed by atoms with Crippen LogP contribution in [0, 0.1) is 0 Å². The molecule has 0 unspecified atom stereocenters. The number of carbonyl (C=O) groups is 1. The lowest BCUT2D eigenvalue weighted by Gasteiger charge is -1.99. The first-order chi connectivity index (χ1) is 5.18. The summed E-state index contributed by atoms with van der Waals surface area (Å²) in [5, 5.41) is 0. The van der Waals surface area contributed by atoms with Crippen LogP contribution in [0.15, 0.2) is 23.7 Å². The van der Waals surface area contributed by atoms with Gasteiger partial charge in [-0.15, -0.1) is 0 Å². The van der Waals surface area contributed by atoms with Crippen molar-refractivity contribution < 1.29 is 9.53 Å². The molecule has 0 fully saturated rings. The Morgan fingerprint density at radius 3 is 2.82 bits per heavy atom. The van der Waals surface area contributed by atoms with Gasteiger partial charge in [-0.2, -0.15) is 0 Å². The molecule has 0 radical (unpaired) electrons. The molecule has 0 aliphatic carbocycles. The number of esters is 1. The van der Waals surface area contributed by atoms with E-state index in [9.17, 15) is 4.79 Å². The molecule has 60 valence electrons. The van der Waals surface area contributed by atoms with Gasteiger partial charge in [0.15, 0.2) is 0 Å². The molecule has 0 aromatic heterocycles. The first-order valence-electron chi connectivity index (χ1n) is 3.19. The van der Waals surface area contributed by atoms with E-state index in [2.05, 4.69) is 24.0 Å². The van der Waals surface area contributed by atoms with Crippen LogP contribution in [0.25, 0.3) is 0 Å². The second-order valence-electron chi connectivity index (χ2n) is 1.96. The number of ether oxygens (including phenoxy) is 1. The number of hydrogen-bond donors (Lipinski definition) is 0. The number of hydrogen-bond acceptors (Lipinski definition) is 3. The molecule has 0 aromatic rings. The monoisotopic (exact) mass is 153 g/mol. The molecule has 11 heavy (non-hydrogen) atoms. The van der Waals surface area contributed by atoms with Crippen molar-refractivity contribution in [2.45, 2.75) is 6.92 Å². The minimum Gasteiger partial charge on any atom is -0.460 e. The predicted molar refractivity (Wildman–Crippen MR) is 43.7 cm³/mol. The van der Waals surface area contributed by atoms with Crippen molar-refractivity contribution in [3.63, 3.8) is 0 Å². The zero-order valence-corrected chi connectivity index (χ0v) is 6.59. The molecule has 0 saturated heterocycles. The Labute approximate surface area is 66.1 Å². The van der Waals surface area contributed by atoms with Crippen LogP contribution < -0.4 is 0 Å². The van der Waals surface area contributed by atoms with Crippen molar-refractivity contribution in [1.29, 1.82) is 0 Å². The maximum absolute atomic E-state index is 10.7. The minimum atomic E-state index is -0.385. The topological polar surface area (TPSA) is 38.7 Å². The van der Waals surface area contributed by atoms with Gasteiger partial charge >= 0.3 is 5.97 Å². The van der Waals surface area contributed by atoms with Gasteiger partial charge in [0.25, 0.3) is 0 Å². The van der Waals surface area contributed by atoms with Crippen molar-refractivity contribution in [2.75, 3.05) is 13.2 Å². The number of carbonyl (C=O) groups excluding carboxylic acids is 1. The predicted octanol–water partition coefficient (Wildman–Crippen LogP) is 0.961. The smallest absolute Gasteiger partial charge is 0.333 e. The Balaban J connectivity index is 3.47. The molecule has 0 N–H and O–H groups in total. The lowest BCUT2D eigenvalue weighted by Crippen LogP contribution is -2.07. The standard InChI is InChI=1S/C8H11NO2/c1-4-9-5-6-11-8(10)7(2)3/h1-2,5-6H2,3H3. The average Bonchev–Trinajstić information content (AvgIpc) is 1.97. The first kappa shape index (κ1) is 9.66. The van der Waals surface area contributed by atoms with Crippen molar-refractivity contribution in [2.24, 2.45) is 4.99 Å². The van der Waals surface area contributed by atoms with E-state index >= 15 is 0 Å². The summed E-state index contributed by atoms with van der Waals surface area (Å²) in [6.45, 7) is 8.94. The normalized spacial score (nSPS) is 8.09. The summed E-state index contributed by atoms with van der Waals surface area (Å²) in [6, 6.07) is 0. The number of nitrogens with zero attached hydrogens (tertiary/aromatic N) is 1. The van der Waals surface area contributed by atoms with Gasteiger partial charge in [0.05, 0.1) is 6.54 Å². The van der Waals surface area contributed by atoms with Crippen LogP contribution in [0.2, 0.25) is 0 Å². The Kier molecular flexibility index (Phi) is 4.78. The summed E-state index contributed by atoms with van der Waals surface area (Å²) in [7, 11) is 0. The molecule has 3 heteroatoms. The number of aliphatic imine (C=N–C) groups is 1. The van der Waals surface area contributed by atoms with Crippen LogP contribution in [0.4, 0.5) is 0 Å². The fourth-order valence-corrected chi connectivity index (χ4v) is 0.386. The highest BCUT2D eigenvalue weighted by Gasteiger charge is 2.00. The number of rotatable bonds is 4. The molecule has 0 heterocycles. The van der Waals surface area contributed by atoms with Crippen molar-refractivity contribution >= 4 is 11.8 Å². The van der Waals surface area contributed by atoms with Gasteiger partial charge in [0.2, 0.25) is 0 Å². The third kappa shape index (κ3) is 5.12. The molecule has 0 aromatic carbocycles. The Bertz CT molecular complexity index is 202. The van der Waals surface area contributed by atoms with Crippen molar-refractivity contribution in [3.8, 4) is 0 Å². The van der Waals surface area contributed by atoms with E-state index < -0.39 is 0 Å². The third-order valence-corrected chi connectivity index (χ3v) is 0.897. The second kappa shape index (κ2) is 5.45. The van der Waals surface area contributed by atoms with E-state index in [4.69, 9.17) is 4.74 Å². The zero-order valence-electron chi connectivity index (χ0n) is 6.59. The molecule has 0 aliphatic rings. The molecule has 0 bridgehead atoms. The fourth-order valence-electron chi connectivity index (χ4n) is 0.386. The minimum absolute atomic E-state index is 0.258. The van der Waals surface area contributed by atoms with Crippen molar-refractivity contribution in [3.05, 3.63) is 18.7 Å². The third-order valence-electron chi connectivity index (χ3n) is 0.897. The fraction of sp³-hybridized carbons (Fsp3) is 0.375. The summed E-state index contributed by atoms with van der Waals surface area (Å²) in [5.74, 6) is 1.95. The molecule has 0 rings (SSSR count). The SMILES string of the molecule is C=C=NCCOC(=O)C(=C)C. The van der Waals surface area contributed by atoms with E-state index in [1.165, 1.54) is 0 Å². The van der Waals surface area contributed by atoms with Gasteiger partial charge < -0.3 is 4.74 Å². The maximum atomic E-state index is 10.7. The van der Waals surface area contributed by atoms with E-state index in [0.717, 1.165) is 0 Å². The zero-order chi connectivity index (χ0) is 8.69. The van der Waals surface area contributed by atoms with Gasteiger partial charge in [-0.05, 0) is 19.4 Å². The summed E-state index contributed by atoms with van der Waals surface area (Å²) < 4.78 is 4.71. The van der Waals surface area contributed by atoms with Crippen LogP contribution in [0.1, 0.15) is 6.92 Å². The second-order valence-corrected chi connectivity index (χ2v) is 1.96. The van der Waals surface area contributed by atoms with Crippen LogP contribution in [0.3, 0.4) is 0 Å². The van der Waals surface area contributed by atoms with E-state index in [1.54, 1.807) is 6.92 Å². The highest BCUT2D eigenvalue weighted by Crippen LogP contribution is 1.90. The summed E-state index contributed by atoms with van der Waals surface area (Å²) in [6.07, 6.45) is 0. The molecule has 0 saturated carbocycles. The molecule has 0 spiro atoms. The quantitative estimate of drug-likeness (QED) is 0.261. The summed E-state index contributed by atoms with van der Waals surface area (Å²) in [5.41, 5.74) is 0.396. The molecule has 0 amide bonds. The highest BCUT2D eigenvalue weighted by molar-refractivity contribution is 5.86. The molecular weight excluding hydrogens is 142 g/mol. The maximum Gasteiger partial charge on any atom is 0.333 e. The Hall–Kier alpha value is -1.34. The molecule has 3 nitrogen and oxygen atoms in total. The van der Waals surface area contributed by atoms with Crippen molar-refractivity contribution in [1.82, 2.24) is 0 Å². The Morgan fingerprint density at radius 2 is 2.36 bits per heavy atom. The van der Waals surface area contributed by atoms with E-state index in [-0.39, 0.29) is 12.6 Å². The first-order valence-corrected chi connectivity index (χ1v) is 3.19. The van der Waals surface area contributed by atoms with Crippen LogP contribution in [-0.4, -0.2) is 25.0 Å². The van der Waals surface area contributed by atoms with Gasteiger partial charge in [-0.3, -0.25) is 0 Å². The van der Waals surface area contributed by atoms with Crippen LogP contribution in [-0.2, 0) is 9.53 Å². The lowest BCUT2D eigenvalue weighted by atomic mass is 10.4. The average molecular weight is 153 g/mol. The van der Waals surface area contributed by atoms with Gasteiger partial charge in [-0.1, -0.05) is 6.58 Å². The molecular formula is C8H11NO2. The van der Waals surface area contributed by atoms with Crippen LogP contribution >= 0.6 is 0 Å². The molecule has 0 atom stereocenters. The summed E-state index contributed by atoms with van der Waals surface area (Å²) >= 11 is 0. The molecule has 0 aliphatic heterocycles. The summed E-state index contributed by atoms with van der Waals surface area (Å²) in [4.78, 5) is 14.3. The van der Waals surface area contributed by atoms with E-state index in [1.807, 2.05) is 0 Å². The van der Waals surface area contributed by atoms with Gasteiger partial charge in [0, 0.05) is 5.57 Å². The lowest BCUT2D eigenvalue weighted by molar-refractivity contribution is -0.138. The van der Waals surface area contributed by atoms with Gasteiger partial charge in [0.1, 0.15) is 6.61 Å². The Morgan fingerprint density at radius 1 is 1.73 bits per heavy atom.